The number of fused-ring (bicyclic) bond motifs is 1. The van der Waals surface area contributed by atoms with Gasteiger partial charge in [-0.3, -0.25) is 0 Å². The third kappa shape index (κ3) is 1.08. The number of ether oxygens (including phenoxy) is 3. The molecule has 2 heterocycles. The summed E-state index contributed by atoms with van der Waals surface area (Å²) in [4.78, 5) is 0. The maximum Gasteiger partial charge on any atom is 0.112 e. The van der Waals surface area contributed by atoms with Crippen molar-refractivity contribution < 1.29 is 14.2 Å². The Hall–Kier alpha value is -0.120. The Kier molecular flexibility index (Phi) is 1.87. The predicted molar refractivity (Wildman–Crippen MR) is 39.4 cm³/mol. The Morgan fingerprint density at radius 3 is 2.64 bits per heavy atom. The molecule has 2 saturated heterocycles. The maximum atomic E-state index is 5.54. The van der Waals surface area contributed by atoms with E-state index in [1.165, 1.54) is 0 Å². The van der Waals surface area contributed by atoms with Crippen molar-refractivity contribution in [2.24, 2.45) is 5.92 Å². The molecule has 2 fully saturated rings. The van der Waals surface area contributed by atoms with Crippen LogP contribution in [0.4, 0.5) is 0 Å². The van der Waals surface area contributed by atoms with Crippen molar-refractivity contribution in [3.63, 3.8) is 0 Å². The molecule has 11 heavy (non-hydrogen) atoms. The molecule has 0 aromatic carbocycles. The van der Waals surface area contributed by atoms with E-state index >= 15 is 0 Å². The SMILES string of the molecule is CO[C@@H]1CO[C@@H]2[C@H]1OC[C@@H]2C. The molecule has 0 bridgehead atoms. The highest BCUT2D eigenvalue weighted by molar-refractivity contribution is 4.92. The van der Waals surface area contributed by atoms with Gasteiger partial charge < -0.3 is 14.2 Å². The summed E-state index contributed by atoms with van der Waals surface area (Å²) >= 11 is 0. The average Bonchev–Trinajstić information content (AvgIpc) is 2.53. The van der Waals surface area contributed by atoms with Gasteiger partial charge in [-0.05, 0) is 0 Å². The van der Waals surface area contributed by atoms with E-state index < -0.39 is 0 Å². The molecule has 0 aromatic heterocycles. The average molecular weight is 158 g/mol. The van der Waals surface area contributed by atoms with Gasteiger partial charge in [-0.25, -0.2) is 0 Å². The lowest BCUT2D eigenvalue weighted by Crippen LogP contribution is -2.29. The molecule has 0 aromatic rings. The van der Waals surface area contributed by atoms with Crippen LogP contribution in [-0.4, -0.2) is 38.6 Å². The summed E-state index contributed by atoms with van der Waals surface area (Å²) in [6.45, 7) is 3.66. The van der Waals surface area contributed by atoms with E-state index in [0.29, 0.717) is 12.5 Å². The van der Waals surface area contributed by atoms with Crippen molar-refractivity contribution in [1.29, 1.82) is 0 Å². The van der Waals surface area contributed by atoms with Gasteiger partial charge in [-0.1, -0.05) is 6.92 Å². The molecule has 2 rings (SSSR count). The summed E-state index contributed by atoms with van der Waals surface area (Å²) in [5.74, 6) is 0.528. The third-order valence-electron chi connectivity index (χ3n) is 2.56. The Labute approximate surface area is 66.6 Å². The van der Waals surface area contributed by atoms with Gasteiger partial charge in [-0.15, -0.1) is 0 Å². The normalized spacial score (nSPS) is 49.6. The highest BCUT2D eigenvalue weighted by Crippen LogP contribution is 2.31. The smallest absolute Gasteiger partial charge is 0.112 e. The Morgan fingerprint density at radius 2 is 1.91 bits per heavy atom. The second-order valence-corrected chi connectivity index (χ2v) is 3.35. The van der Waals surface area contributed by atoms with Crippen LogP contribution in [0.25, 0.3) is 0 Å². The van der Waals surface area contributed by atoms with E-state index in [4.69, 9.17) is 14.2 Å². The Balaban J connectivity index is 2.04. The minimum Gasteiger partial charge on any atom is -0.376 e. The van der Waals surface area contributed by atoms with E-state index in [2.05, 4.69) is 6.92 Å². The van der Waals surface area contributed by atoms with Gasteiger partial charge in [0.25, 0.3) is 0 Å². The molecule has 2 aliphatic rings. The monoisotopic (exact) mass is 158 g/mol. The van der Waals surface area contributed by atoms with Crippen LogP contribution < -0.4 is 0 Å². The highest BCUT2D eigenvalue weighted by Gasteiger charge is 2.45. The molecule has 0 spiro atoms. The molecule has 0 aliphatic carbocycles. The van der Waals surface area contributed by atoms with Crippen LogP contribution in [-0.2, 0) is 14.2 Å². The lowest BCUT2D eigenvalue weighted by atomic mass is 10.0. The predicted octanol–water partition coefficient (Wildman–Crippen LogP) is 0.435. The van der Waals surface area contributed by atoms with Gasteiger partial charge in [0, 0.05) is 13.0 Å². The lowest BCUT2D eigenvalue weighted by molar-refractivity contribution is -0.00878. The zero-order chi connectivity index (χ0) is 7.84. The van der Waals surface area contributed by atoms with Crippen LogP contribution >= 0.6 is 0 Å². The topological polar surface area (TPSA) is 27.7 Å². The highest BCUT2D eigenvalue weighted by atomic mass is 16.6. The summed E-state index contributed by atoms with van der Waals surface area (Å²) in [5, 5.41) is 0. The minimum absolute atomic E-state index is 0.157. The maximum absolute atomic E-state index is 5.54. The minimum atomic E-state index is 0.157. The van der Waals surface area contributed by atoms with E-state index in [0.717, 1.165) is 6.61 Å². The molecule has 0 N–H and O–H groups in total. The molecule has 0 unspecified atom stereocenters. The summed E-state index contributed by atoms with van der Waals surface area (Å²) in [6, 6.07) is 0. The van der Waals surface area contributed by atoms with E-state index in [1.807, 2.05) is 0 Å². The van der Waals surface area contributed by atoms with Crippen LogP contribution in [0.3, 0.4) is 0 Å². The molecule has 3 heteroatoms. The summed E-state index contributed by atoms with van der Waals surface area (Å²) in [6.07, 6.45) is 0.625. The molecule has 64 valence electrons. The zero-order valence-corrected chi connectivity index (χ0v) is 6.95. The summed E-state index contributed by atoms with van der Waals surface area (Å²) < 4.78 is 16.3. The molecular weight excluding hydrogens is 144 g/mol. The fourth-order valence-electron chi connectivity index (χ4n) is 1.86. The number of hydrogen-bond acceptors (Lipinski definition) is 3. The van der Waals surface area contributed by atoms with Crippen LogP contribution in [0, 0.1) is 5.92 Å². The van der Waals surface area contributed by atoms with Gasteiger partial charge in [0.05, 0.1) is 19.3 Å². The van der Waals surface area contributed by atoms with E-state index in [1.54, 1.807) is 7.11 Å². The first-order valence-electron chi connectivity index (χ1n) is 4.09. The largest absolute Gasteiger partial charge is 0.376 e. The Morgan fingerprint density at radius 1 is 1.18 bits per heavy atom. The molecular formula is C8H14O3. The molecule has 4 atom stereocenters. The van der Waals surface area contributed by atoms with E-state index in [9.17, 15) is 0 Å². The zero-order valence-electron chi connectivity index (χ0n) is 6.95. The van der Waals surface area contributed by atoms with E-state index in [-0.39, 0.29) is 18.3 Å². The van der Waals surface area contributed by atoms with Crippen LogP contribution in [0.5, 0.6) is 0 Å². The Bertz CT molecular complexity index is 148. The van der Waals surface area contributed by atoms with Crippen LogP contribution in [0.15, 0.2) is 0 Å². The van der Waals surface area contributed by atoms with Crippen molar-refractivity contribution in [3.05, 3.63) is 0 Å². The second-order valence-electron chi connectivity index (χ2n) is 3.35. The van der Waals surface area contributed by atoms with Crippen molar-refractivity contribution in [1.82, 2.24) is 0 Å². The standard InChI is InChI=1S/C8H14O3/c1-5-3-10-8-6(9-2)4-11-7(5)8/h5-8H,3-4H2,1-2H3/t5-,6+,7-,8-/m0/s1. The van der Waals surface area contributed by atoms with Gasteiger partial charge in [-0.2, -0.15) is 0 Å². The third-order valence-corrected chi connectivity index (χ3v) is 2.56. The first-order chi connectivity index (χ1) is 5.33. The number of rotatable bonds is 1. The molecule has 2 aliphatic heterocycles. The van der Waals surface area contributed by atoms with Crippen molar-refractivity contribution >= 4 is 0 Å². The van der Waals surface area contributed by atoms with Crippen molar-refractivity contribution in [2.45, 2.75) is 25.2 Å². The summed E-state index contributed by atoms with van der Waals surface area (Å²) in [7, 11) is 1.71. The fraction of sp³-hybridized carbons (Fsp3) is 1.00. The first-order valence-corrected chi connectivity index (χ1v) is 4.09. The quantitative estimate of drug-likeness (QED) is 0.554. The van der Waals surface area contributed by atoms with Gasteiger partial charge in [0.15, 0.2) is 0 Å². The van der Waals surface area contributed by atoms with Gasteiger partial charge in [0.1, 0.15) is 12.2 Å². The van der Waals surface area contributed by atoms with Crippen LogP contribution in [0.2, 0.25) is 0 Å². The van der Waals surface area contributed by atoms with Crippen molar-refractivity contribution in [3.8, 4) is 0 Å². The lowest BCUT2D eigenvalue weighted by Gasteiger charge is -2.13. The molecule has 0 saturated carbocycles. The molecule has 0 amide bonds. The fourth-order valence-corrected chi connectivity index (χ4v) is 1.86. The second kappa shape index (κ2) is 2.73. The van der Waals surface area contributed by atoms with Gasteiger partial charge >= 0.3 is 0 Å². The first kappa shape index (κ1) is 7.53. The van der Waals surface area contributed by atoms with Crippen molar-refractivity contribution in [2.75, 3.05) is 20.3 Å². The van der Waals surface area contributed by atoms with Crippen LogP contribution in [0.1, 0.15) is 6.92 Å². The molecule has 0 radical (unpaired) electrons. The molecule has 3 nitrogen and oxygen atoms in total. The van der Waals surface area contributed by atoms with Gasteiger partial charge in [0.2, 0.25) is 0 Å². The summed E-state index contributed by atoms with van der Waals surface area (Å²) in [5.41, 5.74) is 0. The number of methoxy groups -OCH3 is 1. The number of hydrogen-bond donors (Lipinski definition) is 0.